The van der Waals surface area contributed by atoms with Crippen LogP contribution < -0.4 is 16.0 Å². The average Bonchev–Trinajstić information content (AvgIpc) is 2.47. The van der Waals surface area contributed by atoms with Crippen molar-refractivity contribution in [1.29, 1.82) is 0 Å². The molecule has 1 aliphatic heterocycles. The van der Waals surface area contributed by atoms with Gasteiger partial charge in [0, 0.05) is 6.92 Å². The number of hydrogen-bond acceptors (Lipinski definition) is 3. The highest BCUT2D eigenvalue weighted by molar-refractivity contribution is 5.96. The third-order valence-corrected chi connectivity index (χ3v) is 1.76. The van der Waals surface area contributed by atoms with Crippen LogP contribution in [0, 0.1) is 0 Å². The van der Waals surface area contributed by atoms with E-state index in [9.17, 15) is 4.79 Å². The third kappa shape index (κ3) is 0.931. The second-order valence-electron chi connectivity index (χ2n) is 2.61. The van der Waals surface area contributed by atoms with Gasteiger partial charge >= 0.3 is 0 Å². The molecule has 2 rings (SSSR count). The molecule has 0 fully saturated rings. The lowest BCUT2D eigenvalue weighted by molar-refractivity contribution is -0.117. The lowest BCUT2D eigenvalue weighted by Gasteiger charge is -2.11. The van der Waals surface area contributed by atoms with Crippen molar-refractivity contribution < 1.29 is 4.79 Å². The largest absolute Gasteiger partial charge is 0.301 e. The van der Waals surface area contributed by atoms with Gasteiger partial charge in [0.15, 0.2) is 0 Å². The summed E-state index contributed by atoms with van der Waals surface area (Å²) in [6.07, 6.45) is 0. The van der Waals surface area contributed by atoms with Gasteiger partial charge in [-0.05, 0) is 12.1 Å². The maximum Gasteiger partial charge on any atom is 0.239 e. The molecule has 1 amide bonds. The summed E-state index contributed by atoms with van der Waals surface area (Å²) in [4.78, 5) is 11.0. The zero-order chi connectivity index (χ0) is 8.55. The predicted octanol–water partition coefficient (Wildman–Crippen LogP) is 0.885. The van der Waals surface area contributed by atoms with Crippen LogP contribution in [0.5, 0.6) is 0 Å². The smallest absolute Gasteiger partial charge is 0.239 e. The summed E-state index contributed by atoms with van der Waals surface area (Å²) in [6, 6.07) is 7.59. The molecule has 12 heavy (non-hydrogen) atoms. The molecule has 1 aliphatic rings. The number of carbonyl (C=O) groups is 1. The summed E-state index contributed by atoms with van der Waals surface area (Å²) in [6.45, 7) is 1.51. The van der Waals surface area contributed by atoms with Crippen molar-refractivity contribution in [3.63, 3.8) is 0 Å². The summed E-state index contributed by atoms with van der Waals surface area (Å²) in [5, 5.41) is 1.47. The molecule has 0 saturated heterocycles. The van der Waals surface area contributed by atoms with Gasteiger partial charge in [-0.2, -0.15) is 0 Å². The van der Waals surface area contributed by atoms with E-state index in [4.69, 9.17) is 0 Å². The van der Waals surface area contributed by atoms with Crippen molar-refractivity contribution >= 4 is 17.3 Å². The van der Waals surface area contributed by atoms with E-state index in [-0.39, 0.29) is 5.91 Å². The van der Waals surface area contributed by atoms with E-state index in [1.54, 1.807) is 0 Å². The predicted molar refractivity (Wildman–Crippen MR) is 46.4 cm³/mol. The number of nitrogens with one attached hydrogen (secondary N) is 2. The van der Waals surface area contributed by atoms with Gasteiger partial charge in [-0.3, -0.25) is 4.79 Å². The van der Waals surface area contributed by atoms with Crippen molar-refractivity contribution in [3.05, 3.63) is 24.3 Å². The van der Waals surface area contributed by atoms with Crippen LogP contribution in [0.3, 0.4) is 0 Å². The molecule has 62 valence electrons. The summed E-state index contributed by atoms with van der Waals surface area (Å²) in [5.41, 5.74) is 7.43. The molecule has 0 aromatic heterocycles. The number of rotatable bonds is 0. The molecule has 0 spiro atoms. The van der Waals surface area contributed by atoms with Crippen molar-refractivity contribution in [2.45, 2.75) is 6.92 Å². The van der Waals surface area contributed by atoms with E-state index < -0.39 is 0 Å². The first-order valence-corrected chi connectivity index (χ1v) is 3.70. The number of hydrogen-bond donors (Lipinski definition) is 2. The number of benzene rings is 1. The molecule has 0 bridgehead atoms. The van der Waals surface area contributed by atoms with Gasteiger partial charge in [0.2, 0.25) is 5.91 Å². The Kier molecular flexibility index (Phi) is 1.48. The standard InChI is InChI=1S/C8H9N3O/c1-6(12)11-8-5-3-2-4-7(8)9-10-11/h2-5,9-10H,1H3. The Morgan fingerprint density at radius 2 is 2.17 bits per heavy atom. The van der Waals surface area contributed by atoms with Crippen molar-refractivity contribution in [1.82, 2.24) is 5.53 Å². The molecule has 1 aromatic carbocycles. The van der Waals surface area contributed by atoms with E-state index in [2.05, 4.69) is 11.0 Å². The zero-order valence-electron chi connectivity index (χ0n) is 6.66. The number of amides is 1. The second kappa shape index (κ2) is 2.49. The van der Waals surface area contributed by atoms with E-state index in [1.807, 2.05) is 24.3 Å². The van der Waals surface area contributed by atoms with Gasteiger partial charge in [0.05, 0.1) is 11.4 Å². The summed E-state index contributed by atoms with van der Waals surface area (Å²) >= 11 is 0. The number of nitrogens with zero attached hydrogens (tertiary/aromatic N) is 1. The Morgan fingerprint density at radius 1 is 1.42 bits per heavy atom. The van der Waals surface area contributed by atoms with Gasteiger partial charge in [0.25, 0.3) is 0 Å². The third-order valence-electron chi connectivity index (χ3n) is 1.76. The molecule has 4 heteroatoms. The van der Waals surface area contributed by atoms with Crippen LogP contribution in [-0.2, 0) is 4.79 Å². The van der Waals surface area contributed by atoms with Gasteiger partial charge in [0.1, 0.15) is 0 Å². The maximum atomic E-state index is 11.0. The Morgan fingerprint density at radius 3 is 2.92 bits per heavy atom. The first kappa shape index (κ1) is 7.12. The van der Waals surface area contributed by atoms with E-state index in [0.717, 1.165) is 11.4 Å². The van der Waals surface area contributed by atoms with Gasteiger partial charge in [-0.15, -0.1) is 5.53 Å². The minimum Gasteiger partial charge on any atom is -0.301 e. The zero-order valence-corrected chi connectivity index (χ0v) is 6.66. The summed E-state index contributed by atoms with van der Waals surface area (Å²) in [5.74, 6) is -0.0348. The highest BCUT2D eigenvalue weighted by Crippen LogP contribution is 2.27. The lowest BCUT2D eigenvalue weighted by Crippen LogP contribution is -2.39. The fraction of sp³-hybridized carbons (Fsp3) is 0.125. The van der Waals surface area contributed by atoms with Gasteiger partial charge in [-0.1, -0.05) is 12.1 Å². The molecule has 0 aliphatic carbocycles. The second-order valence-corrected chi connectivity index (χ2v) is 2.61. The van der Waals surface area contributed by atoms with Crippen LogP contribution in [0.1, 0.15) is 6.92 Å². The van der Waals surface area contributed by atoms with Crippen LogP contribution in [0.15, 0.2) is 24.3 Å². The number of para-hydroxylation sites is 2. The van der Waals surface area contributed by atoms with Crippen LogP contribution in [0.25, 0.3) is 0 Å². The molecule has 0 saturated carbocycles. The Balaban J connectivity index is 2.42. The molecule has 0 unspecified atom stereocenters. The number of anilines is 2. The van der Waals surface area contributed by atoms with Crippen LogP contribution in [0.4, 0.5) is 11.4 Å². The highest BCUT2D eigenvalue weighted by atomic mass is 16.2. The molecule has 1 heterocycles. The van der Waals surface area contributed by atoms with E-state index >= 15 is 0 Å². The molecule has 0 radical (unpaired) electrons. The van der Waals surface area contributed by atoms with Crippen molar-refractivity contribution in [2.24, 2.45) is 0 Å². The van der Waals surface area contributed by atoms with Crippen LogP contribution >= 0.6 is 0 Å². The maximum absolute atomic E-state index is 11.0. The summed E-state index contributed by atoms with van der Waals surface area (Å²) in [7, 11) is 0. The molecular weight excluding hydrogens is 154 g/mol. The van der Waals surface area contributed by atoms with Gasteiger partial charge in [-0.25, -0.2) is 5.01 Å². The number of fused-ring (bicyclic) bond motifs is 1. The van der Waals surface area contributed by atoms with E-state index in [1.165, 1.54) is 11.9 Å². The fourth-order valence-electron chi connectivity index (χ4n) is 1.20. The molecule has 0 atom stereocenters. The Labute approximate surface area is 70.1 Å². The SMILES string of the molecule is CC(=O)N1NNc2ccccc21. The minimum atomic E-state index is -0.0348. The Bertz CT molecular complexity index is 324. The fourth-order valence-corrected chi connectivity index (χ4v) is 1.20. The normalized spacial score (nSPS) is 13.9. The molecule has 1 aromatic rings. The first-order valence-electron chi connectivity index (χ1n) is 3.70. The van der Waals surface area contributed by atoms with Gasteiger partial charge < -0.3 is 5.43 Å². The minimum absolute atomic E-state index is 0.0348. The highest BCUT2D eigenvalue weighted by Gasteiger charge is 2.20. The molecule has 2 N–H and O–H groups in total. The monoisotopic (exact) mass is 163 g/mol. The summed E-state index contributed by atoms with van der Waals surface area (Å²) < 4.78 is 0. The first-order chi connectivity index (χ1) is 5.79. The number of hydrazine groups is 2. The Hall–Kier alpha value is -1.55. The van der Waals surface area contributed by atoms with Crippen LogP contribution in [-0.4, -0.2) is 5.91 Å². The van der Waals surface area contributed by atoms with Crippen LogP contribution in [0.2, 0.25) is 0 Å². The number of carbonyl (C=O) groups excluding carboxylic acids is 1. The lowest BCUT2D eigenvalue weighted by atomic mass is 10.3. The van der Waals surface area contributed by atoms with E-state index in [0.29, 0.717) is 0 Å². The van der Waals surface area contributed by atoms with Crippen molar-refractivity contribution in [2.75, 3.05) is 10.4 Å². The molecular formula is C8H9N3O. The molecule has 4 nitrogen and oxygen atoms in total. The topological polar surface area (TPSA) is 44.4 Å². The quantitative estimate of drug-likeness (QED) is 0.596. The average molecular weight is 163 g/mol. The van der Waals surface area contributed by atoms with Crippen molar-refractivity contribution in [3.8, 4) is 0 Å².